The number of pyridine rings is 1. The van der Waals surface area contributed by atoms with Crippen molar-refractivity contribution in [1.29, 1.82) is 5.26 Å². The zero-order valence-corrected chi connectivity index (χ0v) is 10.7. The number of nitriles is 1. The average molecular weight is 268 g/mol. The van der Waals surface area contributed by atoms with Crippen LogP contribution in [0.5, 0.6) is 0 Å². The van der Waals surface area contributed by atoms with Gasteiger partial charge in [0.15, 0.2) is 5.82 Å². The highest BCUT2D eigenvalue weighted by Crippen LogP contribution is 2.43. The highest BCUT2D eigenvalue weighted by Gasteiger charge is 2.43. The molecule has 4 rings (SSSR count). The van der Waals surface area contributed by atoms with Crippen molar-refractivity contribution in [2.75, 3.05) is 0 Å². The van der Waals surface area contributed by atoms with Crippen molar-refractivity contribution < 1.29 is 9.26 Å². The van der Waals surface area contributed by atoms with Crippen molar-refractivity contribution in [3.63, 3.8) is 0 Å². The van der Waals surface area contributed by atoms with Crippen LogP contribution in [0.15, 0.2) is 22.9 Å². The van der Waals surface area contributed by atoms with Gasteiger partial charge in [-0.2, -0.15) is 10.2 Å². The quantitative estimate of drug-likeness (QED) is 0.828. The molecule has 0 aliphatic carbocycles. The summed E-state index contributed by atoms with van der Waals surface area (Å²) < 4.78 is 11.1. The van der Waals surface area contributed by atoms with Crippen LogP contribution in [0.1, 0.15) is 36.6 Å². The van der Waals surface area contributed by atoms with E-state index in [0.29, 0.717) is 29.1 Å². The van der Waals surface area contributed by atoms with Gasteiger partial charge in [-0.1, -0.05) is 5.16 Å². The molecule has 4 heterocycles. The monoisotopic (exact) mass is 268 g/mol. The van der Waals surface area contributed by atoms with Gasteiger partial charge in [0, 0.05) is 6.20 Å². The van der Waals surface area contributed by atoms with E-state index in [1.807, 2.05) is 6.07 Å². The summed E-state index contributed by atoms with van der Waals surface area (Å²) in [6.07, 6.45) is 5.29. The van der Waals surface area contributed by atoms with Crippen LogP contribution in [0.4, 0.5) is 0 Å². The third kappa shape index (κ3) is 1.79. The lowest BCUT2D eigenvalue weighted by Gasteiger charge is -2.13. The van der Waals surface area contributed by atoms with Gasteiger partial charge in [-0.05, 0) is 31.4 Å². The second-order valence-corrected chi connectivity index (χ2v) is 5.22. The Morgan fingerprint density at radius 1 is 1.30 bits per heavy atom. The van der Waals surface area contributed by atoms with E-state index in [0.717, 1.165) is 19.3 Å². The van der Waals surface area contributed by atoms with Crippen LogP contribution in [0, 0.1) is 11.3 Å². The van der Waals surface area contributed by atoms with Gasteiger partial charge in [-0.25, -0.2) is 4.98 Å². The number of hydrogen-bond acceptors (Lipinski definition) is 6. The number of ether oxygens (including phenoxy) is 1. The minimum atomic E-state index is 0.236. The first-order chi connectivity index (χ1) is 9.83. The van der Waals surface area contributed by atoms with Crippen molar-refractivity contribution in [2.24, 2.45) is 0 Å². The molecular formula is C14H12N4O2. The van der Waals surface area contributed by atoms with Crippen LogP contribution in [0.25, 0.3) is 11.6 Å². The Balaban J connectivity index is 1.60. The summed E-state index contributed by atoms with van der Waals surface area (Å²) in [6, 6.07) is 5.43. The van der Waals surface area contributed by atoms with Gasteiger partial charge in [0.25, 0.3) is 5.89 Å². The first kappa shape index (κ1) is 11.6. The molecule has 20 heavy (non-hydrogen) atoms. The van der Waals surface area contributed by atoms with Gasteiger partial charge in [0.05, 0.1) is 23.7 Å². The predicted octanol–water partition coefficient (Wildman–Crippen LogP) is 2.04. The van der Waals surface area contributed by atoms with Gasteiger partial charge in [0.1, 0.15) is 11.8 Å². The van der Waals surface area contributed by atoms with Crippen LogP contribution in [0.2, 0.25) is 0 Å². The molecule has 6 heteroatoms. The minimum absolute atomic E-state index is 0.236. The van der Waals surface area contributed by atoms with E-state index in [9.17, 15) is 0 Å². The summed E-state index contributed by atoms with van der Waals surface area (Å²) in [5.74, 6) is 1.34. The molecule has 0 saturated carbocycles. The predicted molar refractivity (Wildman–Crippen MR) is 67.5 cm³/mol. The first-order valence-corrected chi connectivity index (χ1v) is 6.69. The first-order valence-electron chi connectivity index (χ1n) is 6.69. The number of aromatic nitrogens is 3. The molecule has 2 aromatic heterocycles. The number of nitrogens with zero attached hydrogens (tertiary/aromatic N) is 4. The van der Waals surface area contributed by atoms with Crippen molar-refractivity contribution in [3.8, 4) is 17.7 Å². The standard InChI is InChI=1S/C14H12N4O2/c15-6-8-1-3-11(16-7-8)14-17-13(18-20-14)10-5-9-2-4-12(10)19-9/h1,3,7,9-10,12H,2,4-5H2. The van der Waals surface area contributed by atoms with Crippen molar-refractivity contribution in [3.05, 3.63) is 29.7 Å². The molecule has 0 amide bonds. The summed E-state index contributed by atoms with van der Waals surface area (Å²) in [6.45, 7) is 0. The van der Waals surface area contributed by atoms with Gasteiger partial charge in [-0.15, -0.1) is 0 Å². The molecule has 0 spiro atoms. The Morgan fingerprint density at radius 2 is 2.25 bits per heavy atom. The molecule has 0 radical (unpaired) electrons. The largest absolute Gasteiger partial charge is 0.374 e. The van der Waals surface area contributed by atoms with Gasteiger partial charge >= 0.3 is 0 Å². The Kier molecular flexibility index (Phi) is 2.54. The van der Waals surface area contributed by atoms with Crippen molar-refractivity contribution >= 4 is 0 Å². The number of hydrogen-bond donors (Lipinski definition) is 0. The maximum Gasteiger partial charge on any atom is 0.276 e. The molecule has 0 N–H and O–H groups in total. The normalized spacial score (nSPS) is 27.6. The van der Waals surface area contributed by atoms with Crippen molar-refractivity contribution in [2.45, 2.75) is 37.4 Å². The SMILES string of the molecule is N#Cc1ccc(-c2nc(C3CC4CCC3O4)no2)nc1. The highest BCUT2D eigenvalue weighted by molar-refractivity contribution is 5.47. The third-order valence-corrected chi connectivity index (χ3v) is 3.99. The molecule has 6 nitrogen and oxygen atoms in total. The minimum Gasteiger partial charge on any atom is -0.374 e. The molecule has 2 saturated heterocycles. The summed E-state index contributed by atoms with van der Waals surface area (Å²) in [5, 5.41) is 12.8. The fourth-order valence-corrected chi connectivity index (χ4v) is 2.99. The van der Waals surface area contributed by atoms with Crippen LogP contribution in [-0.2, 0) is 4.74 Å². The number of rotatable bonds is 2. The second kappa shape index (κ2) is 4.39. The zero-order valence-electron chi connectivity index (χ0n) is 10.7. The Hall–Kier alpha value is -2.26. The third-order valence-electron chi connectivity index (χ3n) is 3.99. The summed E-state index contributed by atoms with van der Waals surface area (Å²) in [5.41, 5.74) is 1.10. The van der Waals surface area contributed by atoms with E-state index < -0.39 is 0 Å². The Bertz CT molecular complexity index is 673. The molecule has 3 unspecified atom stereocenters. The molecule has 100 valence electrons. The van der Waals surface area contributed by atoms with Gasteiger partial charge < -0.3 is 9.26 Å². The second-order valence-electron chi connectivity index (χ2n) is 5.22. The van der Waals surface area contributed by atoms with E-state index in [2.05, 4.69) is 15.1 Å². The van der Waals surface area contributed by atoms with Crippen LogP contribution >= 0.6 is 0 Å². The molecule has 2 aliphatic heterocycles. The zero-order chi connectivity index (χ0) is 13.5. The molecule has 3 atom stereocenters. The van der Waals surface area contributed by atoms with Crippen LogP contribution < -0.4 is 0 Å². The lowest BCUT2D eigenvalue weighted by atomic mass is 9.89. The van der Waals surface area contributed by atoms with E-state index in [4.69, 9.17) is 14.5 Å². The van der Waals surface area contributed by atoms with E-state index in [-0.39, 0.29) is 12.0 Å². The lowest BCUT2D eigenvalue weighted by molar-refractivity contribution is 0.0996. The fourth-order valence-electron chi connectivity index (χ4n) is 2.99. The Labute approximate surface area is 115 Å². The molecule has 2 aliphatic rings. The maximum atomic E-state index is 8.75. The smallest absolute Gasteiger partial charge is 0.276 e. The van der Waals surface area contributed by atoms with Crippen LogP contribution in [0.3, 0.4) is 0 Å². The topological polar surface area (TPSA) is 84.8 Å². The summed E-state index contributed by atoms with van der Waals surface area (Å²) in [4.78, 5) is 8.59. The molecule has 0 aromatic carbocycles. The van der Waals surface area contributed by atoms with Crippen LogP contribution in [-0.4, -0.2) is 27.3 Å². The highest BCUT2D eigenvalue weighted by atomic mass is 16.5. The molecule has 2 bridgehead atoms. The fraction of sp³-hybridized carbons (Fsp3) is 0.429. The van der Waals surface area contributed by atoms with E-state index in [1.54, 1.807) is 12.1 Å². The van der Waals surface area contributed by atoms with Gasteiger partial charge in [-0.3, -0.25) is 0 Å². The van der Waals surface area contributed by atoms with E-state index in [1.165, 1.54) is 6.20 Å². The lowest BCUT2D eigenvalue weighted by Crippen LogP contribution is -2.15. The molecular weight excluding hydrogens is 256 g/mol. The summed E-state index contributed by atoms with van der Waals surface area (Å²) in [7, 11) is 0. The van der Waals surface area contributed by atoms with Gasteiger partial charge in [0.2, 0.25) is 0 Å². The number of fused-ring (bicyclic) bond motifs is 2. The molecule has 2 fully saturated rings. The summed E-state index contributed by atoms with van der Waals surface area (Å²) >= 11 is 0. The van der Waals surface area contributed by atoms with E-state index >= 15 is 0 Å². The maximum absolute atomic E-state index is 8.75. The Morgan fingerprint density at radius 3 is 2.90 bits per heavy atom. The molecule has 2 aromatic rings. The average Bonchev–Trinajstić information content (AvgIpc) is 3.23. The van der Waals surface area contributed by atoms with Crippen molar-refractivity contribution in [1.82, 2.24) is 15.1 Å².